The van der Waals surface area contributed by atoms with E-state index in [0.717, 1.165) is 26.2 Å². The monoisotopic (exact) mass is 266 g/mol. The Balaban J connectivity index is 1.64. The molecule has 2 unspecified atom stereocenters. The first-order chi connectivity index (χ1) is 9.28. The van der Waals surface area contributed by atoms with E-state index in [2.05, 4.69) is 24.2 Å². The first kappa shape index (κ1) is 14.6. The van der Waals surface area contributed by atoms with E-state index in [9.17, 15) is 0 Å². The van der Waals surface area contributed by atoms with Gasteiger partial charge in [-0.05, 0) is 38.9 Å². The van der Waals surface area contributed by atoms with Gasteiger partial charge in [0.05, 0.1) is 24.7 Å². The summed E-state index contributed by atoms with van der Waals surface area (Å²) in [6.45, 7) is 6.20. The third kappa shape index (κ3) is 4.97. The summed E-state index contributed by atoms with van der Waals surface area (Å²) in [6, 6.07) is 2.02. The summed E-state index contributed by atoms with van der Waals surface area (Å²) < 4.78 is 11.2. The Hall–Kier alpha value is -0.840. The Kier molecular flexibility index (Phi) is 5.89. The van der Waals surface area contributed by atoms with Crippen molar-refractivity contribution in [2.45, 2.75) is 44.9 Å². The predicted octanol–water partition coefficient (Wildman–Crippen LogP) is 2.26. The van der Waals surface area contributed by atoms with Gasteiger partial charge in [-0.1, -0.05) is 6.92 Å². The SMILES string of the molecule is CCCNCC1CCC(CN(C)Cc2ccoc2)O1. The van der Waals surface area contributed by atoms with Crippen LogP contribution < -0.4 is 5.32 Å². The van der Waals surface area contributed by atoms with Crippen molar-refractivity contribution in [3.8, 4) is 0 Å². The molecule has 1 aromatic rings. The Labute approximate surface area is 116 Å². The second-order valence-corrected chi connectivity index (χ2v) is 5.49. The third-order valence-electron chi connectivity index (χ3n) is 3.54. The van der Waals surface area contributed by atoms with Gasteiger partial charge in [0.15, 0.2) is 0 Å². The number of ether oxygens (including phenoxy) is 1. The molecule has 1 aliphatic heterocycles. The molecule has 2 atom stereocenters. The number of furan rings is 1. The molecule has 0 bridgehead atoms. The van der Waals surface area contributed by atoms with Crippen molar-refractivity contribution < 1.29 is 9.15 Å². The van der Waals surface area contributed by atoms with E-state index in [4.69, 9.17) is 9.15 Å². The maximum atomic E-state index is 6.07. The van der Waals surface area contributed by atoms with Gasteiger partial charge in [-0.15, -0.1) is 0 Å². The Morgan fingerprint density at radius 3 is 2.95 bits per heavy atom. The summed E-state index contributed by atoms with van der Waals surface area (Å²) in [5.41, 5.74) is 1.22. The number of nitrogens with zero attached hydrogens (tertiary/aromatic N) is 1. The smallest absolute Gasteiger partial charge is 0.0947 e. The molecule has 0 aromatic carbocycles. The average molecular weight is 266 g/mol. The molecule has 0 saturated carbocycles. The van der Waals surface area contributed by atoms with E-state index in [0.29, 0.717) is 12.2 Å². The number of hydrogen-bond donors (Lipinski definition) is 1. The number of hydrogen-bond acceptors (Lipinski definition) is 4. The van der Waals surface area contributed by atoms with Crippen molar-refractivity contribution in [3.05, 3.63) is 24.2 Å². The summed E-state index contributed by atoms with van der Waals surface area (Å²) in [6.07, 6.45) is 7.86. The number of likely N-dealkylation sites (N-methyl/N-ethyl adjacent to an activating group) is 1. The van der Waals surface area contributed by atoms with Crippen LogP contribution in [0.2, 0.25) is 0 Å². The molecule has 1 aromatic heterocycles. The first-order valence-corrected chi connectivity index (χ1v) is 7.33. The third-order valence-corrected chi connectivity index (χ3v) is 3.54. The van der Waals surface area contributed by atoms with Gasteiger partial charge in [-0.25, -0.2) is 0 Å². The van der Waals surface area contributed by atoms with Gasteiger partial charge in [0.2, 0.25) is 0 Å². The summed E-state index contributed by atoms with van der Waals surface area (Å²) in [5, 5.41) is 3.44. The van der Waals surface area contributed by atoms with Crippen LogP contribution in [0.4, 0.5) is 0 Å². The second kappa shape index (κ2) is 7.68. The van der Waals surface area contributed by atoms with Crippen LogP contribution >= 0.6 is 0 Å². The minimum atomic E-state index is 0.380. The average Bonchev–Trinajstić information content (AvgIpc) is 3.02. The molecular weight excluding hydrogens is 240 g/mol. The van der Waals surface area contributed by atoms with Crippen LogP contribution in [0.15, 0.2) is 23.0 Å². The van der Waals surface area contributed by atoms with Gasteiger partial charge in [0.25, 0.3) is 0 Å². The predicted molar refractivity (Wildman–Crippen MR) is 76.1 cm³/mol. The van der Waals surface area contributed by atoms with Crippen molar-refractivity contribution in [1.29, 1.82) is 0 Å². The fraction of sp³-hybridized carbons (Fsp3) is 0.733. The molecule has 1 saturated heterocycles. The highest BCUT2D eigenvalue weighted by molar-refractivity contribution is 5.04. The largest absolute Gasteiger partial charge is 0.472 e. The van der Waals surface area contributed by atoms with Crippen molar-refractivity contribution >= 4 is 0 Å². The molecule has 1 N–H and O–H groups in total. The van der Waals surface area contributed by atoms with E-state index in [1.54, 1.807) is 6.26 Å². The molecule has 0 aliphatic carbocycles. The lowest BCUT2D eigenvalue weighted by molar-refractivity contribution is 0.0268. The second-order valence-electron chi connectivity index (χ2n) is 5.49. The minimum absolute atomic E-state index is 0.380. The van der Waals surface area contributed by atoms with Gasteiger partial charge in [0, 0.05) is 25.2 Å². The minimum Gasteiger partial charge on any atom is -0.472 e. The molecule has 4 nitrogen and oxygen atoms in total. The van der Waals surface area contributed by atoms with Crippen molar-refractivity contribution in [1.82, 2.24) is 10.2 Å². The Morgan fingerprint density at radius 1 is 1.37 bits per heavy atom. The molecule has 0 spiro atoms. The van der Waals surface area contributed by atoms with Gasteiger partial charge >= 0.3 is 0 Å². The van der Waals surface area contributed by atoms with Crippen molar-refractivity contribution in [3.63, 3.8) is 0 Å². The van der Waals surface area contributed by atoms with Gasteiger partial charge in [0.1, 0.15) is 0 Å². The summed E-state index contributed by atoms with van der Waals surface area (Å²) >= 11 is 0. The highest BCUT2D eigenvalue weighted by Gasteiger charge is 2.25. The fourth-order valence-electron chi connectivity index (χ4n) is 2.61. The fourth-order valence-corrected chi connectivity index (χ4v) is 2.61. The first-order valence-electron chi connectivity index (χ1n) is 7.33. The lowest BCUT2D eigenvalue weighted by Crippen LogP contribution is -2.31. The van der Waals surface area contributed by atoms with Crippen LogP contribution in [0.3, 0.4) is 0 Å². The normalized spacial score (nSPS) is 23.3. The van der Waals surface area contributed by atoms with E-state index in [1.165, 1.54) is 24.8 Å². The highest BCUT2D eigenvalue weighted by atomic mass is 16.5. The molecule has 0 radical (unpaired) electrons. The van der Waals surface area contributed by atoms with Crippen LogP contribution in [0.25, 0.3) is 0 Å². The Bertz CT molecular complexity index is 340. The zero-order chi connectivity index (χ0) is 13.5. The van der Waals surface area contributed by atoms with Crippen molar-refractivity contribution in [2.24, 2.45) is 0 Å². The van der Waals surface area contributed by atoms with E-state index in [-0.39, 0.29) is 0 Å². The zero-order valence-electron chi connectivity index (χ0n) is 12.1. The van der Waals surface area contributed by atoms with Gasteiger partial charge < -0.3 is 14.5 Å². The van der Waals surface area contributed by atoms with Crippen LogP contribution in [-0.4, -0.2) is 43.8 Å². The molecule has 4 heteroatoms. The lowest BCUT2D eigenvalue weighted by atomic mass is 10.2. The van der Waals surface area contributed by atoms with Crippen LogP contribution in [-0.2, 0) is 11.3 Å². The molecule has 19 heavy (non-hydrogen) atoms. The summed E-state index contributed by atoms with van der Waals surface area (Å²) in [7, 11) is 2.14. The molecule has 1 aliphatic rings. The summed E-state index contributed by atoms with van der Waals surface area (Å²) in [4.78, 5) is 2.30. The van der Waals surface area contributed by atoms with Gasteiger partial charge in [-0.3, -0.25) is 4.90 Å². The maximum Gasteiger partial charge on any atom is 0.0947 e. The molecule has 2 heterocycles. The molecule has 0 amide bonds. The molecular formula is C15H26N2O2. The number of rotatable bonds is 8. The maximum absolute atomic E-state index is 6.07. The molecule has 1 fully saturated rings. The topological polar surface area (TPSA) is 37.6 Å². The lowest BCUT2D eigenvalue weighted by Gasteiger charge is -2.21. The van der Waals surface area contributed by atoms with Crippen molar-refractivity contribution in [2.75, 3.05) is 26.7 Å². The summed E-state index contributed by atoms with van der Waals surface area (Å²) in [5.74, 6) is 0. The van der Waals surface area contributed by atoms with Gasteiger partial charge in [-0.2, -0.15) is 0 Å². The highest BCUT2D eigenvalue weighted by Crippen LogP contribution is 2.20. The zero-order valence-corrected chi connectivity index (χ0v) is 12.1. The van der Waals surface area contributed by atoms with Crippen LogP contribution in [0.5, 0.6) is 0 Å². The van der Waals surface area contributed by atoms with Crippen LogP contribution in [0, 0.1) is 0 Å². The quantitative estimate of drug-likeness (QED) is 0.732. The Morgan fingerprint density at radius 2 is 2.21 bits per heavy atom. The van der Waals surface area contributed by atoms with E-state index < -0.39 is 0 Å². The van der Waals surface area contributed by atoms with E-state index >= 15 is 0 Å². The molecule has 2 rings (SSSR count). The standard InChI is InChI=1S/C15H26N2O2/c1-3-7-16-9-14-4-5-15(19-14)11-17(2)10-13-6-8-18-12-13/h6,8,12,14-16H,3-5,7,9-11H2,1-2H3. The molecule has 108 valence electrons. The van der Waals surface area contributed by atoms with E-state index in [1.807, 2.05) is 12.3 Å². The number of nitrogens with one attached hydrogen (secondary N) is 1. The van der Waals surface area contributed by atoms with Crippen LogP contribution in [0.1, 0.15) is 31.7 Å².